The molecule has 2 rings (SSSR count). The van der Waals surface area contributed by atoms with Gasteiger partial charge in [0, 0.05) is 6.54 Å². The standard InChI is InChI=1S/C19H27N3O5/c1-12(2)9-14-18(24)22(19(25)21-14)11-17(23)20-8-7-13-5-6-15(26-3)16(10-13)27-4/h5-6,10,12,14H,7-9,11H2,1-4H3,(H,20,23)(H,21,25)/t14-/m1/s1. The Morgan fingerprint density at radius 3 is 2.56 bits per heavy atom. The molecule has 1 aliphatic rings. The molecule has 8 heteroatoms. The minimum absolute atomic E-state index is 0.273. The summed E-state index contributed by atoms with van der Waals surface area (Å²) in [7, 11) is 3.13. The molecule has 2 N–H and O–H groups in total. The zero-order valence-electron chi connectivity index (χ0n) is 16.2. The number of hydrogen-bond acceptors (Lipinski definition) is 5. The van der Waals surface area contributed by atoms with Crippen molar-refractivity contribution in [2.75, 3.05) is 27.3 Å². The number of benzene rings is 1. The van der Waals surface area contributed by atoms with Gasteiger partial charge in [-0.15, -0.1) is 0 Å². The zero-order chi connectivity index (χ0) is 20.0. The van der Waals surface area contributed by atoms with Crippen molar-refractivity contribution in [2.45, 2.75) is 32.7 Å². The van der Waals surface area contributed by atoms with E-state index in [4.69, 9.17) is 9.47 Å². The summed E-state index contributed by atoms with van der Waals surface area (Å²) in [5.74, 6) is 0.819. The van der Waals surface area contributed by atoms with Crippen molar-refractivity contribution in [3.05, 3.63) is 23.8 Å². The average Bonchev–Trinajstić information content (AvgIpc) is 2.88. The van der Waals surface area contributed by atoms with Crippen LogP contribution in [0, 0.1) is 5.92 Å². The van der Waals surface area contributed by atoms with Crippen molar-refractivity contribution in [3.8, 4) is 11.5 Å². The second-order valence-electron chi connectivity index (χ2n) is 6.85. The van der Waals surface area contributed by atoms with Gasteiger partial charge in [-0.1, -0.05) is 19.9 Å². The molecule has 1 aromatic rings. The van der Waals surface area contributed by atoms with E-state index >= 15 is 0 Å². The van der Waals surface area contributed by atoms with Gasteiger partial charge in [0.1, 0.15) is 12.6 Å². The van der Waals surface area contributed by atoms with Crippen LogP contribution in [0.3, 0.4) is 0 Å². The van der Waals surface area contributed by atoms with Gasteiger partial charge in [-0.05, 0) is 36.5 Å². The van der Waals surface area contributed by atoms with E-state index in [1.54, 1.807) is 20.3 Å². The summed E-state index contributed by atoms with van der Waals surface area (Å²) in [6, 6.07) is 4.48. The monoisotopic (exact) mass is 377 g/mol. The van der Waals surface area contributed by atoms with Gasteiger partial charge in [-0.2, -0.15) is 0 Å². The molecule has 1 heterocycles. The van der Waals surface area contributed by atoms with Crippen LogP contribution in [0.1, 0.15) is 25.8 Å². The number of methoxy groups -OCH3 is 2. The Bertz CT molecular complexity index is 705. The van der Waals surface area contributed by atoms with Crippen LogP contribution in [-0.4, -0.2) is 56.1 Å². The Hall–Kier alpha value is -2.77. The minimum atomic E-state index is -0.544. The summed E-state index contributed by atoms with van der Waals surface area (Å²) < 4.78 is 10.4. The molecular weight excluding hydrogens is 350 g/mol. The van der Waals surface area contributed by atoms with Gasteiger partial charge in [-0.3, -0.25) is 14.5 Å². The molecule has 1 atom stereocenters. The van der Waals surface area contributed by atoms with Crippen molar-refractivity contribution >= 4 is 17.8 Å². The second kappa shape index (κ2) is 9.25. The van der Waals surface area contributed by atoms with Crippen LogP contribution < -0.4 is 20.1 Å². The second-order valence-corrected chi connectivity index (χ2v) is 6.85. The number of carbonyl (C=O) groups excluding carboxylic acids is 3. The highest BCUT2D eigenvalue weighted by Crippen LogP contribution is 2.27. The van der Waals surface area contributed by atoms with Gasteiger partial charge >= 0.3 is 6.03 Å². The summed E-state index contributed by atoms with van der Waals surface area (Å²) in [4.78, 5) is 37.3. The Morgan fingerprint density at radius 1 is 1.22 bits per heavy atom. The molecule has 0 aromatic heterocycles. The smallest absolute Gasteiger partial charge is 0.325 e. The predicted molar refractivity (Wildman–Crippen MR) is 99.7 cm³/mol. The number of ether oxygens (including phenoxy) is 2. The summed E-state index contributed by atoms with van der Waals surface area (Å²) in [6.45, 7) is 4.06. The molecule has 1 aromatic carbocycles. The summed E-state index contributed by atoms with van der Waals surface area (Å²) in [5.41, 5.74) is 0.972. The van der Waals surface area contributed by atoms with E-state index in [-0.39, 0.29) is 24.3 Å². The predicted octanol–water partition coefficient (Wildman–Crippen LogP) is 1.33. The Kier molecular flexibility index (Phi) is 7.04. The highest BCUT2D eigenvalue weighted by atomic mass is 16.5. The fourth-order valence-corrected chi connectivity index (χ4v) is 2.94. The summed E-state index contributed by atoms with van der Waals surface area (Å²) >= 11 is 0. The molecule has 148 valence electrons. The first-order valence-corrected chi connectivity index (χ1v) is 8.95. The third-order valence-corrected chi connectivity index (χ3v) is 4.30. The van der Waals surface area contributed by atoms with Crippen molar-refractivity contribution < 1.29 is 23.9 Å². The summed E-state index contributed by atoms with van der Waals surface area (Å²) in [5, 5.41) is 5.36. The largest absolute Gasteiger partial charge is 0.493 e. The Morgan fingerprint density at radius 2 is 1.93 bits per heavy atom. The highest BCUT2D eigenvalue weighted by Gasteiger charge is 2.38. The van der Waals surface area contributed by atoms with Crippen molar-refractivity contribution in [2.24, 2.45) is 5.92 Å². The first-order valence-electron chi connectivity index (χ1n) is 8.95. The van der Waals surface area contributed by atoms with Crippen molar-refractivity contribution in [1.82, 2.24) is 15.5 Å². The minimum Gasteiger partial charge on any atom is -0.493 e. The average molecular weight is 377 g/mol. The first-order chi connectivity index (χ1) is 12.8. The lowest BCUT2D eigenvalue weighted by Crippen LogP contribution is -2.41. The lowest BCUT2D eigenvalue weighted by Gasteiger charge is -2.14. The molecule has 1 saturated heterocycles. The number of urea groups is 1. The molecule has 0 bridgehead atoms. The molecule has 4 amide bonds. The normalized spacial score (nSPS) is 16.5. The number of rotatable bonds is 9. The number of carbonyl (C=O) groups is 3. The third-order valence-electron chi connectivity index (χ3n) is 4.30. The van der Waals surface area contributed by atoms with Crippen LogP contribution in [-0.2, 0) is 16.0 Å². The van der Waals surface area contributed by atoms with Crippen molar-refractivity contribution in [1.29, 1.82) is 0 Å². The molecule has 1 aliphatic heterocycles. The summed E-state index contributed by atoms with van der Waals surface area (Å²) in [6.07, 6.45) is 1.14. The van der Waals surface area contributed by atoms with E-state index < -0.39 is 12.1 Å². The molecule has 0 aliphatic carbocycles. The van der Waals surface area contributed by atoms with Crippen LogP contribution in [0.25, 0.3) is 0 Å². The van der Waals surface area contributed by atoms with Crippen LogP contribution in [0.2, 0.25) is 0 Å². The van der Waals surface area contributed by atoms with Crippen molar-refractivity contribution in [3.63, 3.8) is 0 Å². The van der Waals surface area contributed by atoms with Crippen LogP contribution in [0.5, 0.6) is 11.5 Å². The molecule has 0 spiro atoms. The Balaban J connectivity index is 1.83. The lowest BCUT2D eigenvalue weighted by molar-refractivity contribution is -0.132. The molecule has 27 heavy (non-hydrogen) atoms. The number of imide groups is 1. The van der Waals surface area contributed by atoms with E-state index in [0.717, 1.165) is 10.5 Å². The molecule has 0 unspecified atom stereocenters. The van der Waals surface area contributed by atoms with E-state index in [0.29, 0.717) is 30.9 Å². The fraction of sp³-hybridized carbons (Fsp3) is 0.526. The van der Waals surface area contributed by atoms with E-state index in [2.05, 4.69) is 10.6 Å². The molecule has 0 saturated carbocycles. The first kappa shape index (κ1) is 20.5. The highest BCUT2D eigenvalue weighted by molar-refractivity contribution is 6.06. The van der Waals surface area contributed by atoms with Gasteiger partial charge < -0.3 is 20.1 Å². The van der Waals surface area contributed by atoms with E-state index in [1.165, 1.54) is 0 Å². The maximum absolute atomic E-state index is 12.2. The van der Waals surface area contributed by atoms with E-state index in [9.17, 15) is 14.4 Å². The van der Waals surface area contributed by atoms with E-state index in [1.807, 2.05) is 26.0 Å². The number of nitrogens with zero attached hydrogens (tertiary/aromatic N) is 1. The SMILES string of the molecule is COc1ccc(CCNC(=O)CN2C(=O)N[C@H](CC(C)C)C2=O)cc1OC. The van der Waals surface area contributed by atoms with Gasteiger partial charge in [-0.25, -0.2) is 4.79 Å². The van der Waals surface area contributed by atoms with Gasteiger partial charge in [0.15, 0.2) is 11.5 Å². The lowest BCUT2D eigenvalue weighted by atomic mass is 10.0. The van der Waals surface area contributed by atoms with Crippen LogP contribution in [0.15, 0.2) is 18.2 Å². The molecular formula is C19H27N3O5. The number of nitrogens with one attached hydrogen (secondary N) is 2. The molecule has 8 nitrogen and oxygen atoms in total. The zero-order valence-corrected chi connectivity index (χ0v) is 16.2. The van der Waals surface area contributed by atoms with Gasteiger partial charge in [0.25, 0.3) is 5.91 Å². The quantitative estimate of drug-likeness (QED) is 0.633. The topological polar surface area (TPSA) is 97.0 Å². The van der Waals surface area contributed by atoms with Crippen LogP contribution in [0.4, 0.5) is 4.79 Å². The van der Waals surface area contributed by atoms with Gasteiger partial charge in [0.2, 0.25) is 5.91 Å². The maximum atomic E-state index is 12.2. The number of hydrogen-bond donors (Lipinski definition) is 2. The van der Waals surface area contributed by atoms with Crippen LogP contribution >= 0.6 is 0 Å². The molecule has 1 fully saturated rings. The fourth-order valence-electron chi connectivity index (χ4n) is 2.94. The third kappa shape index (κ3) is 5.35. The maximum Gasteiger partial charge on any atom is 0.325 e. The molecule has 0 radical (unpaired) electrons. The number of amides is 4. The Labute approximate surface area is 159 Å². The van der Waals surface area contributed by atoms with Gasteiger partial charge in [0.05, 0.1) is 14.2 Å².